The van der Waals surface area contributed by atoms with Crippen molar-refractivity contribution < 1.29 is 13.5 Å². The molecule has 1 aliphatic carbocycles. The van der Waals surface area contributed by atoms with Crippen LogP contribution in [0.3, 0.4) is 0 Å². The average Bonchev–Trinajstić information content (AvgIpc) is 3.30. The lowest BCUT2D eigenvalue weighted by atomic mass is 10.2. The number of nitrogens with zero attached hydrogens (tertiary/aromatic N) is 1. The van der Waals surface area contributed by atoms with E-state index < -0.39 is 10.0 Å². The second-order valence-corrected chi connectivity index (χ2v) is 7.02. The first-order valence-corrected chi connectivity index (χ1v) is 8.76. The molecule has 1 aromatic rings. The van der Waals surface area contributed by atoms with Crippen LogP contribution < -0.4 is 0 Å². The first kappa shape index (κ1) is 16.0. The Bertz CT molecular complexity index is 639. The Morgan fingerprint density at radius 2 is 2.05 bits per heavy atom. The molecule has 4 nitrogen and oxygen atoms in total. The highest BCUT2D eigenvalue weighted by molar-refractivity contribution is 7.89. The van der Waals surface area contributed by atoms with Crippen LogP contribution in [0.25, 0.3) is 0 Å². The zero-order chi connectivity index (χ0) is 15.3. The molecule has 1 N–H and O–H groups in total. The Balaban J connectivity index is 2.37. The highest BCUT2D eigenvalue weighted by atomic mass is 32.2. The lowest BCUT2D eigenvalue weighted by Crippen LogP contribution is -2.34. The summed E-state index contributed by atoms with van der Waals surface area (Å²) in [5.41, 5.74) is 0.452. The number of rotatable bonds is 6. The molecule has 0 saturated heterocycles. The molecule has 2 rings (SSSR count). The zero-order valence-electron chi connectivity index (χ0n) is 12.2. The molecule has 0 atom stereocenters. The highest BCUT2D eigenvalue weighted by Gasteiger charge is 2.38. The molecule has 0 aromatic heterocycles. The second-order valence-electron chi connectivity index (χ2n) is 5.16. The van der Waals surface area contributed by atoms with Crippen molar-refractivity contribution in [3.63, 3.8) is 0 Å². The molecule has 0 heterocycles. The first-order valence-electron chi connectivity index (χ1n) is 7.32. The summed E-state index contributed by atoms with van der Waals surface area (Å²) >= 11 is 0. The highest BCUT2D eigenvalue weighted by Crippen LogP contribution is 2.33. The fourth-order valence-electron chi connectivity index (χ4n) is 2.23. The van der Waals surface area contributed by atoms with Gasteiger partial charge in [0, 0.05) is 18.2 Å². The number of hydrogen-bond acceptors (Lipinski definition) is 3. The standard InChI is InChI=1S/C16H21NO3S/c1-2-3-12-17(15-10-11-15)21(19,20)16-9-5-4-7-14(16)8-6-13-18/h4-5,7,9,15,18H,2-3,10-13H2,1H3. The SMILES string of the molecule is CCCCN(C1CC1)S(=O)(=O)c1ccccc1C#CCO. The van der Waals surface area contributed by atoms with E-state index in [1.165, 1.54) is 0 Å². The van der Waals surface area contributed by atoms with E-state index >= 15 is 0 Å². The quantitative estimate of drug-likeness (QED) is 0.818. The summed E-state index contributed by atoms with van der Waals surface area (Å²) in [6, 6.07) is 6.88. The van der Waals surface area contributed by atoms with Crippen LogP contribution in [0.15, 0.2) is 29.2 Å². The topological polar surface area (TPSA) is 57.6 Å². The smallest absolute Gasteiger partial charge is 0.244 e. The molecule has 114 valence electrons. The van der Waals surface area contributed by atoms with Crippen LogP contribution >= 0.6 is 0 Å². The van der Waals surface area contributed by atoms with Gasteiger partial charge in [-0.05, 0) is 31.4 Å². The molecule has 21 heavy (non-hydrogen) atoms. The molecule has 0 spiro atoms. The maximum Gasteiger partial charge on any atom is 0.244 e. The monoisotopic (exact) mass is 307 g/mol. The zero-order valence-corrected chi connectivity index (χ0v) is 13.1. The predicted octanol–water partition coefficient (Wildman–Crippen LogP) is 1.98. The van der Waals surface area contributed by atoms with E-state index in [4.69, 9.17) is 5.11 Å². The van der Waals surface area contributed by atoms with Gasteiger partial charge in [0.25, 0.3) is 0 Å². The van der Waals surface area contributed by atoms with E-state index in [0.29, 0.717) is 12.1 Å². The van der Waals surface area contributed by atoms with Crippen LogP contribution in [0.2, 0.25) is 0 Å². The van der Waals surface area contributed by atoms with Crippen molar-refractivity contribution >= 4 is 10.0 Å². The Morgan fingerprint density at radius 3 is 2.67 bits per heavy atom. The van der Waals surface area contributed by atoms with Gasteiger partial charge in [-0.1, -0.05) is 37.3 Å². The number of aliphatic hydroxyl groups excluding tert-OH is 1. The molecule has 0 unspecified atom stereocenters. The van der Waals surface area contributed by atoms with E-state index in [1.54, 1.807) is 28.6 Å². The van der Waals surface area contributed by atoms with Crippen molar-refractivity contribution in [3.05, 3.63) is 29.8 Å². The molecular weight excluding hydrogens is 286 g/mol. The third-order valence-corrected chi connectivity index (χ3v) is 5.47. The number of benzene rings is 1. The maximum atomic E-state index is 12.9. The number of hydrogen-bond donors (Lipinski definition) is 1. The van der Waals surface area contributed by atoms with Gasteiger partial charge in [0.15, 0.2) is 0 Å². The Labute approximate surface area is 126 Å². The summed E-state index contributed by atoms with van der Waals surface area (Å²) in [5.74, 6) is 5.26. The van der Waals surface area contributed by atoms with Crippen LogP contribution in [-0.4, -0.2) is 37.0 Å². The van der Waals surface area contributed by atoms with Crippen molar-refractivity contribution in [2.45, 2.75) is 43.5 Å². The van der Waals surface area contributed by atoms with Crippen LogP contribution in [0, 0.1) is 11.8 Å². The molecule has 1 aliphatic rings. The van der Waals surface area contributed by atoms with Gasteiger partial charge in [0.2, 0.25) is 10.0 Å². The lowest BCUT2D eigenvalue weighted by molar-refractivity contribution is 0.350. The minimum atomic E-state index is -3.52. The van der Waals surface area contributed by atoms with Gasteiger partial charge >= 0.3 is 0 Å². The Hall–Kier alpha value is -1.35. The fraction of sp³-hybridized carbons (Fsp3) is 0.500. The molecule has 0 radical (unpaired) electrons. The minimum absolute atomic E-state index is 0.139. The van der Waals surface area contributed by atoms with E-state index in [9.17, 15) is 8.42 Å². The van der Waals surface area contributed by atoms with Gasteiger partial charge in [-0.15, -0.1) is 0 Å². The summed E-state index contributed by atoms with van der Waals surface area (Å²) in [4.78, 5) is 0.244. The summed E-state index contributed by atoms with van der Waals surface area (Å²) in [6.07, 6.45) is 3.70. The van der Waals surface area contributed by atoms with Gasteiger partial charge in [0.05, 0.1) is 4.90 Å². The number of unbranched alkanes of at least 4 members (excludes halogenated alkanes) is 1. The van der Waals surface area contributed by atoms with E-state index in [2.05, 4.69) is 18.8 Å². The maximum absolute atomic E-state index is 12.9. The molecule has 0 amide bonds. The average molecular weight is 307 g/mol. The predicted molar refractivity (Wildman–Crippen MR) is 82.2 cm³/mol. The van der Waals surface area contributed by atoms with Crippen LogP contribution in [0.5, 0.6) is 0 Å². The van der Waals surface area contributed by atoms with E-state index in [0.717, 1.165) is 25.7 Å². The van der Waals surface area contributed by atoms with Gasteiger partial charge in [0.1, 0.15) is 6.61 Å². The molecule has 1 aromatic carbocycles. The summed E-state index contributed by atoms with van der Waals surface area (Å²) in [5, 5.41) is 8.81. The van der Waals surface area contributed by atoms with Gasteiger partial charge in [-0.2, -0.15) is 4.31 Å². The summed E-state index contributed by atoms with van der Waals surface area (Å²) in [6.45, 7) is 2.33. The van der Waals surface area contributed by atoms with E-state index in [1.807, 2.05) is 0 Å². The number of aliphatic hydroxyl groups is 1. The third-order valence-electron chi connectivity index (χ3n) is 3.46. The lowest BCUT2D eigenvalue weighted by Gasteiger charge is -2.22. The molecule has 0 aliphatic heterocycles. The molecule has 0 bridgehead atoms. The Morgan fingerprint density at radius 1 is 1.33 bits per heavy atom. The van der Waals surface area contributed by atoms with Crippen molar-refractivity contribution in [2.75, 3.05) is 13.2 Å². The molecular formula is C16H21NO3S. The summed E-state index contributed by atoms with van der Waals surface area (Å²) in [7, 11) is -3.52. The van der Waals surface area contributed by atoms with Crippen LogP contribution in [0.4, 0.5) is 0 Å². The van der Waals surface area contributed by atoms with Crippen molar-refractivity contribution in [1.29, 1.82) is 0 Å². The molecule has 1 fully saturated rings. The van der Waals surface area contributed by atoms with E-state index in [-0.39, 0.29) is 17.5 Å². The van der Waals surface area contributed by atoms with Crippen LogP contribution in [-0.2, 0) is 10.0 Å². The third kappa shape index (κ3) is 3.85. The fourth-order valence-corrected chi connectivity index (χ4v) is 4.10. The minimum Gasteiger partial charge on any atom is -0.384 e. The van der Waals surface area contributed by atoms with Crippen molar-refractivity contribution in [2.24, 2.45) is 0 Å². The largest absolute Gasteiger partial charge is 0.384 e. The molecule has 5 heteroatoms. The van der Waals surface area contributed by atoms with Crippen LogP contribution in [0.1, 0.15) is 38.2 Å². The normalized spacial score (nSPS) is 14.8. The van der Waals surface area contributed by atoms with Crippen molar-refractivity contribution in [1.82, 2.24) is 4.31 Å². The van der Waals surface area contributed by atoms with Crippen molar-refractivity contribution in [3.8, 4) is 11.8 Å². The first-order chi connectivity index (χ1) is 10.1. The van der Waals surface area contributed by atoms with Gasteiger partial charge in [-0.25, -0.2) is 8.42 Å². The van der Waals surface area contributed by atoms with Gasteiger partial charge in [-0.3, -0.25) is 0 Å². The number of sulfonamides is 1. The summed E-state index contributed by atoms with van der Waals surface area (Å²) < 4.78 is 27.4. The van der Waals surface area contributed by atoms with Gasteiger partial charge < -0.3 is 5.11 Å². The second kappa shape index (κ2) is 7.08. The molecule has 1 saturated carbocycles. The Kier molecular flexibility index (Phi) is 5.40.